The van der Waals surface area contributed by atoms with Crippen molar-refractivity contribution in [2.75, 3.05) is 19.0 Å². The van der Waals surface area contributed by atoms with Crippen LogP contribution >= 0.6 is 11.6 Å². The van der Waals surface area contributed by atoms with Crippen molar-refractivity contribution in [3.05, 3.63) is 33.3 Å². The van der Waals surface area contributed by atoms with Crippen molar-refractivity contribution in [2.24, 2.45) is 0 Å². The Kier molecular flexibility index (Phi) is 2.72. The summed E-state index contributed by atoms with van der Waals surface area (Å²) in [5.74, 6) is 0. The van der Waals surface area contributed by atoms with E-state index < -0.39 is 4.92 Å². The monoisotopic (exact) mass is 200 g/mol. The number of halogens is 1. The number of benzene rings is 1. The molecule has 0 fully saturated rings. The van der Waals surface area contributed by atoms with Gasteiger partial charge in [0.15, 0.2) is 0 Å². The molecule has 0 spiro atoms. The van der Waals surface area contributed by atoms with Crippen LogP contribution in [0.15, 0.2) is 18.2 Å². The maximum absolute atomic E-state index is 10.4. The summed E-state index contributed by atoms with van der Waals surface area (Å²) < 4.78 is 0. The standard InChI is InChI=1S/C8H9ClN2O2/c1-10(2)8-4-3-6(11(12)13)5-7(8)9/h3-5H,1-2H3. The summed E-state index contributed by atoms with van der Waals surface area (Å²) in [6, 6.07) is 4.40. The Hall–Kier alpha value is -1.29. The fourth-order valence-electron chi connectivity index (χ4n) is 0.972. The molecule has 1 rings (SSSR count). The van der Waals surface area contributed by atoms with Crippen LogP contribution in [0.2, 0.25) is 5.02 Å². The largest absolute Gasteiger partial charge is 0.376 e. The molecular formula is C8H9ClN2O2. The van der Waals surface area contributed by atoms with Gasteiger partial charge in [-0.15, -0.1) is 0 Å². The number of nitrogens with zero attached hydrogens (tertiary/aromatic N) is 2. The molecule has 70 valence electrons. The highest BCUT2D eigenvalue weighted by atomic mass is 35.5. The van der Waals surface area contributed by atoms with E-state index in [4.69, 9.17) is 11.6 Å². The van der Waals surface area contributed by atoms with Crippen LogP contribution in [-0.2, 0) is 0 Å². The molecule has 0 saturated heterocycles. The summed E-state index contributed by atoms with van der Waals surface area (Å²) in [6.07, 6.45) is 0. The second-order valence-corrected chi connectivity index (χ2v) is 3.19. The first-order valence-corrected chi connectivity index (χ1v) is 4.01. The van der Waals surface area contributed by atoms with Crippen LogP contribution in [0.1, 0.15) is 0 Å². The molecule has 0 aliphatic heterocycles. The van der Waals surface area contributed by atoms with Gasteiger partial charge in [0.25, 0.3) is 5.69 Å². The lowest BCUT2D eigenvalue weighted by Crippen LogP contribution is -2.09. The number of hydrogen-bond acceptors (Lipinski definition) is 3. The molecule has 5 heteroatoms. The smallest absolute Gasteiger partial charge is 0.271 e. The highest BCUT2D eigenvalue weighted by Crippen LogP contribution is 2.28. The van der Waals surface area contributed by atoms with E-state index in [1.54, 1.807) is 11.0 Å². The van der Waals surface area contributed by atoms with Crippen molar-refractivity contribution in [3.8, 4) is 0 Å². The van der Waals surface area contributed by atoms with Gasteiger partial charge in [-0.25, -0.2) is 0 Å². The predicted molar refractivity (Wildman–Crippen MR) is 52.4 cm³/mol. The molecule has 0 unspecified atom stereocenters. The van der Waals surface area contributed by atoms with Crippen LogP contribution in [0.4, 0.5) is 11.4 Å². The van der Waals surface area contributed by atoms with Gasteiger partial charge in [-0.2, -0.15) is 0 Å². The topological polar surface area (TPSA) is 46.4 Å². The summed E-state index contributed by atoms with van der Waals surface area (Å²) in [7, 11) is 3.65. The number of anilines is 1. The first-order chi connectivity index (χ1) is 6.02. The molecule has 0 aliphatic carbocycles. The molecule has 1 aromatic carbocycles. The zero-order valence-corrected chi connectivity index (χ0v) is 8.08. The first kappa shape index (κ1) is 9.80. The highest BCUT2D eigenvalue weighted by Gasteiger charge is 2.09. The lowest BCUT2D eigenvalue weighted by molar-refractivity contribution is -0.384. The van der Waals surface area contributed by atoms with Crippen molar-refractivity contribution >= 4 is 23.0 Å². The zero-order valence-electron chi connectivity index (χ0n) is 7.32. The van der Waals surface area contributed by atoms with E-state index in [0.717, 1.165) is 5.69 Å². The zero-order chi connectivity index (χ0) is 10.0. The number of nitro benzene ring substituents is 1. The third kappa shape index (κ3) is 2.09. The minimum absolute atomic E-state index is 0.00981. The van der Waals surface area contributed by atoms with Crippen LogP contribution in [0, 0.1) is 10.1 Å². The van der Waals surface area contributed by atoms with Crippen molar-refractivity contribution in [2.45, 2.75) is 0 Å². The molecule has 13 heavy (non-hydrogen) atoms. The number of nitro groups is 1. The van der Waals surface area contributed by atoms with E-state index in [2.05, 4.69) is 0 Å². The van der Waals surface area contributed by atoms with Crippen molar-refractivity contribution in [1.82, 2.24) is 0 Å². The van der Waals surface area contributed by atoms with Crippen molar-refractivity contribution in [3.63, 3.8) is 0 Å². The molecule has 0 saturated carbocycles. The van der Waals surface area contributed by atoms with Gasteiger partial charge in [0.2, 0.25) is 0 Å². The molecular weight excluding hydrogens is 192 g/mol. The van der Waals surface area contributed by atoms with E-state index >= 15 is 0 Å². The van der Waals surface area contributed by atoms with Gasteiger partial charge < -0.3 is 4.90 Å². The average Bonchev–Trinajstić information content (AvgIpc) is 2.03. The minimum Gasteiger partial charge on any atom is -0.376 e. The minimum atomic E-state index is -0.467. The molecule has 0 radical (unpaired) electrons. The fraction of sp³-hybridized carbons (Fsp3) is 0.250. The Labute approximate surface area is 80.9 Å². The van der Waals surface area contributed by atoms with E-state index in [-0.39, 0.29) is 5.69 Å². The molecule has 0 heterocycles. The van der Waals surface area contributed by atoms with E-state index in [0.29, 0.717) is 5.02 Å². The summed E-state index contributed by atoms with van der Waals surface area (Å²) in [5, 5.41) is 10.8. The third-order valence-corrected chi connectivity index (χ3v) is 1.93. The molecule has 4 nitrogen and oxygen atoms in total. The van der Waals surface area contributed by atoms with E-state index in [1.165, 1.54) is 12.1 Å². The average molecular weight is 201 g/mol. The van der Waals surface area contributed by atoms with Crippen molar-refractivity contribution in [1.29, 1.82) is 0 Å². The Bertz CT molecular complexity index is 339. The van der Waals surface area contributed by atoms with Crippen LogP contribution in [0.25, 0.3) is 0 Å². The Morgan fingerprint density at radius 1 is 1.46 bits per heavy atom. The van der Waals surface area contributed by atoms with Gasteiger partial charge in [0.1, 0.15) is 0 Å². The second-order valence-electron chi connectivity index (χ2n) is 2.79. The van der Waals surface area contributed by atoms with Gasteiger partial charge in [-0.1, -0.05) is 11.6 Å². The van der Waals surface area contributed by atoms with E-state index in [1.807, 2.05) is 14.1 Å². The predicted octanol–water partition coefficient (Wildman–Crippen LogP) is 2.31. The molecule has 1 aromatic rings. The quantitative estimate of drug-likeness (QED) is 0.544. The second kappa shape index (κ2) is 3.62. The van der Waals surface area contributed by atoms with Gasteiger partial charge in [0.05, 0.1) is 15.6 Å². The molecule has 0 N–H and O–H groups in total. The number of non-ortho nitro benzene ring substituents is 1. The molecule has 0 bridgehead atoms. The summed E-state index contributed by atoms with van der Waals surface area (Å²) in [5.41, 5.74) is 0.780. The summed E-state index contributed by atoms with van der Waals surface area (Å²) in [4.78, 5) is 11.7. The maximum atomic E-state index is 10.4. The van der Waals surface area contributed by atoms with E-state index in [9.17, 15) is 10.1 Å². The first-order valence-electron chi connectivity index (χ1n) is 3.63. The number of rotatable bonds is 2. The molecule has 0 amide bonds. The van der Waals surface area contributed by atoms with Gasteiger partial charge in [-0.05, 0) is 6.07 Å². The van der Waals surface area contributed by atoms with Crippen molar-refractivity contribution < 1.29 is 4.92 Å². The fourth-order valence-corrected chi connectivity index (χ4v) is 1.32. The lowest BCUT2D eigenvalue weighted by atomic mass is 10.3. The third-order valence-electron chi connectivity index (χ3n) is 1.62. The highest BCUT2D eigenvalue weighted by molar-refractivity contribution is 6.33. The van der Waals surface area contributed by atoms with Gasteiger partial charge in [0, 0.05) is 26.2 Å². The summed E-state index contributed by atoms with van der Waals surface area (Å²) >= 11 is 5.82. The van der Waals surface area contributed by atoms with Gasteiger partial charge in [-0.3, -0.25) is 10.1 Å². The van der Waals surface area contributed by atoms with Gasteiger partial charge >= 0.3 is 0 Å². The normalized spacial score (nSPS) is 9.77. The molecule has 0 aliphatic rings. The number of hydrogen-bond donors (Lipinski definition) is 0. The lowest BCUT2D eigenvalue weighted by Gasteiger charge is -2.13. The SMILES string of the molecule is CN(C)c1ccc([N+](=O)[O-])cc1Cl. The Morgan fingerprint density at radius 2 is 2.08 bits per heavy atom. The Morgan fingerprint density at radius 3 is 2.46 bits per heavy atom. The van der Waals surface area contributed by atoms with Crippen LogP contribution in [-0.4, -0.2) is 19.0 Å². The van der Waals surface area contributed by atoms with Crippen LogP contribution in [0.5, 0.6) is 0 Å². The molecule has 0 atom stereocenters. The molecule has 0 aromatic heterocycles. The van der Waals surface area contributed by atoms with Crippen LogP contribution < -0.4 is 4.90 Å². The Balaban J connectivity index is 3.13. The maximum Gasteiger partial charge on any atom is 0.271 e. The summed E-state index contributed by atoms with van der Waals surface area (Å²) in [6.45, 7) is 0. The van der Waals surface area contributed by atoms with Crippen LogP contribution in [0.3, 0.4) is 0 Å².